The van der Waals surface area contributed by atoms with Crippen molar-refractivity contribution in [3.05, 3.63) is 58.6 Å². The minimum atomic E-state index is -0.0385. The quantitative estimate of drug-likeness (QED) is 0.638. The maximum absolute atomic E-state index is 13.1. The summed E-state index contributed by atoms with van der Waals surface area (Å²) in [5.74, 6) is -0.0385. The molecule has 1 aromatic heterocycles. The second kappa shape index (κ2) is 7.42. The lowest BCUT2D eigenvalue weighted by Gasteiger charge is -2.22. The molecule has 0 unspecified atom stereocenters. The van der Waals surface area contributed by atoms with Crippen molar-refractivity contribution < 1.29 is 4.79 Å². The molecule has 2 aromatic carbocycles. The maximum Gasteiger partial charge on any atom is 0.261 e. The van der Waals surface area contributed by atoms with Crippen LogP contribution in [0.15, 0.2) is 53.0 Å². The summed E-state index contributed by atoms with van der Waals surface area (Å²) < 4.78 is 1.88. The molecule has 0 aliphatic carbocycles. The number of para-hydroxylation sites is 1. The molecule has 0 atom stereocenters. The molecular weight excluding hydrogens is 386 g/mol. The van der Waals surface area contributed by atoms with E-state index in [-0.39, 0.29) is 5.91 Å². The van der Waals surface area contributed by atoms with Gasteiger partial charge < -0.3 is 4.90 Å². The van der Waals surface area contributed by atoms with Crippen LogP contribution in [-0.2, 0) is 0 Å². The Hall–Kier alpha value is -1.76. The number of aromatic nitrogens is 1. The average molecular weight is 404 g/mol. The van der Waals surface area contributed by atoms with Gasteiger partial charge in [0.05, 0.1) is 15.8 Å². The summed E-state index contributed by atoms with van der Waals surface area (Å²) in [6.45, 7) is 1.36. The number of benzene rings is 2. The largest absolute Gasteiger partial charge is 0.308 e. The van der Waals surface area contributed by atoms with Crippen molar-refractivity contribution in [2.45, 2.75) is 0 Å². The predicted molar refractivity (Wildman–Crippen MR) is 104 cm³/mol. The normalized spacial score (nSPS) is 11.2. The molecule has 1 heterocycles. The molecule has 0 aliphatic heterocycles. The Bertz CT molecular complexity index is 829. The Morgan fingerprint density at radius 1 is 1.08 bits per heavy atom. The molecule has 0 radical (unpaired) electrons. The molecule has 0 N–H and O–H groups in total. The van der Waals surface area contributed by atoms with Crippen molar-refractivity contribution in [1.82, 2.24) is 9.88 Å². The van der Waals surface area contributed by atoms with Gasteiger partial charge in [-0.3, -0.25) is 9.69 Å². The number of likely N-dealkylation sites (N-methyl/N-ethyl adjacent to an activating group) is 1. The van der Waals surface area contributed by atoms with Crippen LogP contribution in [0.25, 0.3) is 10.2 Å². The Morgan fingerprint density at radius 3 is 2.50 bits per heavy atom. The number of hydrogen-bond acceptors (Lipinski definition) is 4. The van der Waals surface area contributed by atoms with E-state index in [2.05, 4.69) is 25.8 Å². The number of carbonyl (C=O) groups is 1. The second-order valence-corrected chi connectivity index (χ2v) is 7.57. The molecule has 3 rings (SSSR count). The van der Waals surface area contributed by atoms with Gasteiger partial charge >= 0.3 is 0 Å². The van der Waals surface area contributed by atoms with E-state index in [0.717, 1.165) is 26.4 Å². The van der Waals surface area contributed by atoms with E-state index < -0.39 is 0 Å². The number of carbonyl (C=O) groups excluding carboxylic acids is 1. The summed E-state index contributed by atoms with van der Waals surface area (Å²) >= 11 is 5.02. The third-order valence-electron chi connectivity index (χ3n) is 3.63. The Balaban J connectivity index is 1.99. The number of nitrogens with zero attached hydrogens (tertiary/aromatic N) is 3. The molecule has 0 fully saturated rings. The molecule has 0 saturated carbocycles. The highest BCUT2D eigenvalue weighted by Crippen LogP contribution is 2.30. The SMILES string of the molecule is CN(C)CCN(C(=O)c1ccccc1Br)c1nc2ccccc2s1. The van der Waals surface area contributed by atoms with Crippen molar-refractivity contribution in [2.24, 2.45) is 0 Å². The standard InChI is InChI=1S/C18H18BrN3OS/c1-21(2)11-12-22(17(23)13-7-3-4-8-14(13)19)18-20-15-9-5-6-10-16(15)24-18/h3-10H,11-12H2,1-2H3. The highest BCUT2D eigenvalue weighted by atomic mass is 79.9. The van der Waals surface area contributed by atoms with Crippen LogP contribution in [0.4, 0.5) is 5.13 Å². The minimum Gasteiger partial charge on any atom is -0.308 e. The highest BCUT2D eigenvalue weighted by molar-refractivity contribution is 9.10. The molecule has 4 nitrogen and oxygen atoms in total. The van der Waals surface area contributed by atoms with Gasteiger partial charge in [0.25, 0.3) is 5.91 Å². The smallest absolute Gasteiger partial charge is 0.261 e. The molecule has 6 heteroatoms. The van der Waals surface area contributed by atoms with Gasteiger partial charge in [0.15, 0.2) is 5.13 Å². The second-order valence-electron chi connectivity index (χ2n) is 5.70. The average Bonchev–Trinajstić information content (AvgIpc) is 2.98. The number of fused-ring (bicyclic) bond motifs is 1. The predicted octanol–water partition coefficient (Wildman–Crippen LogP) is 4.27. The van der Waals surface area contributed by atoms with Crippen LogP contribution in [0.2, 0.25) is 0 Å². The summed E-state index contributed by atoms with van der Waals surface area (Å²) in [6.07, 6.45) is 0. The zero-order chi connectivity index (χ0) is 17.1. The van der Waals surface area contributed by atoms with Crippen LogP contribution in [0.5, 0.6) is 0 Å². The first-order valence-electron chi connectivity index (χ1n) is 7.63. The number of thiazole rings is 1. The summed E-state index contributed by atoms with van der Waals surface area (Å²) in [4.78, 5) is 21.6. The van der Waals surface area contributed by atoms with Crippen LogP contribution in [0.3, 0.4) is 0 Å². The third-order valence-corrected chi connectivity index (χ3v) is 5.38. The summed E-state index contributed by atoms with van der Waals surface area (Å²) in [5, 5.41) is 0.735. The van der Waals surface area contributed by atoms with Crippen LogP contribution in [0.1, 0.15) is 10.4 Å². The fourth-order valence-corrected chi connectivity index (χ4v) is 3.78. The zero-order valence-corrected chi connectivity index (χ0v) is 16.0. The molecule has 1 amide bonds. The Kier molecular flexibility index (Phi) is 5.28. The maximum atomic E-state index is 13.1. The number of amides is 1. The Morgan fingerprint density at radius 2 is 1.79 bits per heavy atom. The van der Waals surface area contributed by atoms with E-state index in [9.17, 15) is 4.79 Å². The van der Waals surface area contributed by atoms with E-state index in [1.165, 1.54) is 0 Å². The van der Waals surface area contributed by atoms with Crippen molar-refractivity contribution in [3.63, 3.8) is 0 Å². The van der Waals surface area contributed by atoms with Crippen LogP contribution in [0, 0.1) is 0 Å². The number of rotatable bonds is 5. The fourth-order valence-electron chi connectivity index (χ4n) is 2.34. The van der Waals surface area contributed by atoms with Crippen molar-refractivity contribution in [3.8, 4) is 0 Å². The first kappa shape index (κ1) is 17.1. The van der Waals surface area contributed by atoms with Gasteiger partial charge in [0.2, 0.25) is 0 Å². The third kappa shape index (κ3) is 3.66. The van der Waals surface area contributed by atoms with E-state index in [1.807, 2.05) is 62.6 Å². The summed E-state index contributed by atoms with van der Waals surface area (Å²) in [7, 11) is 4.00. The summed E-state index contributed by atoms with van der Waals surface area (Å²) in [5.41, 5.74) is 1.57. The number of hydrogen-bond donors (Lipinski definition) is 0. The van der Waals surface area contributed by atoms with E-state index >= 15 is 0 Å². The molecule has 0 bridgehead atoms. The van der Waals surface area contributed by atoms with E-state index in [0.29, 0.717) is 12.1 Å². The van der Waals surface area contributed by atoms with E-state index in [4.69, 9.17) is 0 Å². The molecule has 3 aromatic rings. The molecule has 24 heavy (non-hydrogen) atoms. The first-order valence-corrected chi connectivity index (χ1v) is 9.24. The molecule has 0 spiro atoms. The zero-order valence-electron chi connectivity index (χ0n) is 13.6. The van der Waals surface area contributed by atoms with Crippen molar-refractivity contribution in [1.29, 1.82) is 0 Å². The monoisotopic (exact) mass is 403 g/mol. The molecule has 0 saturated heterocycles. The number of halogens is 1. The lowest BCUT2D eigenvalue weighted by molar-refractivity contribution is 0.0984. The van der Waals surface area contributed by atoms with Crippen LogP contribution < -0.4 is 4.90 Å². The van der Waals surface area contributed by atoms with Gasteiger partial charge in [-0.15, -0.1) is 0 Å². The van der Waals surface area contributed by atoms with Gasteiger partial charge in [-0.05, 0) is 54.3 Å². The number of anilines is 1. The van der Waals surface area contributed by atoms with Gasteiger partial charge in [-0.25, -0.2) is 4.98 Å². The first-order chi connectivity index (χ1) is 11.6. The Labute approximate surface area is 153 Å². The van der Waals surface area contributed by atoms with Gasteiger partial charge in [0.1, 0.15) is 0 Å². The van der Waals surface area contributed by atoms with E-state index in [1.54, 1.807) is 16.2 Å². The van der Waals surface area contributed by atoms with Crippen LogP contribution in [-0.4, -0.2) is 43.0 Å². The topological polar surface area (TPSA) is 36.4 Å². The summed E-state index contributed by atoms with van der Waals surface area (Å²) in [6, 6.07) is 15.5. The van der Waals surface area contributed by atoms with Gasteiger partial charge in [-0.1, -0.05) is 35.6 Å². The van der Waals surface area contributed by atoms with Gasteiger partial charge in [0, 0.05) is 17.6 Å². The minimum absolute atomic E-state index is 0.0385. The lowest BCUT2D eigenvalue weighted by Crippen LogP contribution is -2.36. The van der Waals surface area contributed by atoms with Crippen molar-refractivity contribution >= 4 is 48.5 Å². The van der Waals surface area contributed by atoms with Crippen molar-refractivity contribution in [2.75, 3.05) is 32.1 Å². The molecule has 124 valence electrons. The van der Waals surface area contributed by atoms with Gasteiger partial charge in [-0.2, -0.15) is 0 Å². The fraction of sp³-hybridized carbons (Fsp3) is 0.222. The lowest BCUT2D eigenvalue weighted by atomic mass is 10.2. The molecular formula is C18H18BrN3OS. The van der Waals surface area contributed by atoms with Crippen LogP contribution >= 0.6 is 27.3 Å². The molecule has 0 aliphatic rings. The highest BCUT2D eigenvalue weighted by Gasteiger charge is 2.22.